The molecule has 0 spiro atoms. The van der Waals surface area contributed by atoms with Crippen LogP contribution in [0.2, 0.25) is 5.02 Å². The standard InChI is InChI=1S/C19H18ClN3OS/c1-2-14-3-7-16(8-4-14)22-18(24)13-25-19-21-11-12-23(19)17-9-5-15(20)6-10-17/h3-12H,2,13H2,1H3,(H,22,24). The third kappa shape index (κ3) is 4.65. The van der Waals surface area contributed by atoms with Crippen LogP contribution in [0.4, 0.5) is 5.69 Å². The molecule has 128 valence electrons. The summed E-state index contributed by atoms with van der Waals surface area (Å²) < 4.78 is 1.93. The highest BCUT2D eigenvalue weighted by Gasteiger charge is 2.09. The zero-order valence-electron chi connectivity index (χ0n) is 13.8. The van der Waals surface area contributed by atoms with Crippen LogP contribution in [0.25, 0.3) is 5.69 Å². The molecule has 3 rings (SSSR count). The van der Waals surface area contributed by atoms with Gasteiger partial charge in [-0.1, -0.05) is 42.4 Å². The molecule has 0 aliphatic heterocycles. The number of anilines is 1. The van der Waals surface area contributed by atoms with Crippen LogP contribution in [0.15, 0.2) is 66.1 Å². The third-order valence-electron chi connectivity index (χ3n) is 3.69. The van der Waals surface area contributed by atoms with E-state index in [1.807, 2.05) is 59.3 Å². The van der Waals surface area contributed by atoms with Crippen LogP contribution in [-0.2, 0) is 11.2 Å². The van der Waals surface area contributed by atoms with Crippen LogP contribution >= 0.6 is 23.4 Å². The molecule has 1 aromatic heterocycles. The van der Waals surface area contributed by atoms with E-state index in [1.54, 1.807) is 6.20 Å². The molecule has 0 atom stereocenters. The first-order valence-electron chi connectivity index (χ1n) is 7.96. The number of aromatic nitrogens is 2. The third-order valence-corrected chi connectivity index (χ3v) is 4.91. The Morgan fingerprint density at radius 2 is 1.88 bits per heavy atom. The molecule has 0 radical (unpaired) electrons. The Hall–Kier alpha value is -2.24. The predicted octanol–water partition coefficient (Wildman–Crippen LogP) is 4.82. The van der Waals surface area contributed by atoms with E-state index in [-0.39, 0.29) is 5.91 Å². The zero-order chi connectivity index (χ0) is 17.6. The number of amides is 1. The van der Waals surface area contributed by atoms with Crippen molar-refractivity contribution in [1.29, 1.82) is 0 Å². The Labute approximate surface area is 156 Å². The van der Waals surface area contributed by atoms with Gasteiger partial charge >= 0.3 is 0 Å². The van der Waals surface area contributed by atoms with Crippen molar-refractivity contribution >= 4 is 35.0 Å². The van der Waals surface area contributed by atoms with Crippen LogP contribution in [-0.4, -0.2) is 21.2 Å². The van der Waals surface area contributed by atoms with E-state index in [9.17, 15) is 4.79 Å². The lowest BCUT2D eigenvalue weighted by molar-refractivity contribution is -0.113. The lowest BCUT2D eigenvalue weighted by Gasteiger charge is -2.08. The van der Waals surface area contributed by atoms with Gasteiger partial charge < -0.3 is 5.32 Å². The summed E-state index contributed by atoms with van der Waals surface area (Å²) in [7, 11) is 0. The average molecular weight is 372 g/mol. The number of hydrogen-bond donors (Lipinski definition) is 1. The van der Waals surface area contributed by atoms with Gasteiger partial charge in [0.25, 0.3) is 0 Å². The fourth-order valence-electron chi connectivity index (χ4n) is 2.35. The molecule has 0 aliphatic carbocycles. The number of thioether (sulfide) groups is 1. The highest BCUT2D eigenvalue weighted by molar-refractivity contribution is 7.99. The molecule has 0 aliphatic rings. The van der Waals surface area contributed by atoms with E-state index in [1.165, 1.54) is 17.3 Å². The van der Waals surface area contributed by atoms with Crippen LogP contribution in [0.3, 0.4) is 0 Å². The number of nitrogens with zero attached hydrogens (tertiary/aromatic N) is 2. The monoisotopic (exact) mass is 371 g/mol. The number of benzene rings is 2. The molecule has 0 fully saturated rings. The predicted molar refractivity (Wildman–Crippen MR) is 104 cm³/mol. The number of nitrogens with one attached hydrogen (secondary N) is 1. The van der Waals surface area contributed by atoms with E-state index in [0.717, 1.165) is 23.0 Å². The van der Waals surface area contributed by atoms with Gasteiger partial charge in [0.15, 0.2) is 5.16 Å². The van der Waals surface area contributed by atoms with Crippen molar-refractivity contribution in [2.75, 3.05) is 11.1 Å². The van der Waals surface area contributed by atoms with Crippen molar-refractivity contribution in [2.45, 2.75) is 18.5 Å². The summed E-state index contributed by atoms with van der Waals surface area (Å²) in [6.07, 6.45) is 4.57. The number of halogens is 1. The minimum absolute atomic E-state index is 0.0556. The van der Waals surface area contributed by atoms with Gasteiger partial charge in [0.1, 0.15) is 0 Å². The molecule has 0 saturated carbocycles. The summed E-state index contributed by atoms with van der Waals surface area (Å²) in [5.74, 6) is 0.236. The Balaban J connectivity index is 1.61. The molecule has 6 heteroatoms. The molecule has 0 saturated heterocycles. The first-order chi connectivity index (χ1) is 12.2. The topological polar surface area (TPSA) is 46.9 Å². The van der Waals surface area contributed by atoms with Gasteiger partial charge in [-0.3, -0.25) is 9.36 Å². The Morgan fingerprint density at radius 3 is 2.56 bits per heavy atom. The normalized spacial score (nSPS) is 10.6. The number of carbonyl (C=O) groups excluding carboxylic acids is 1. The van der Waals surface area contributed by atoms with Gasteiger partial charge in [0, 0.05) is 28.8 Å². The smallest absolute Gasteiger partial charge is 0.234 e. The molecular weight excluding hydrogens is 354 g/mol. The van der Waals surface area contributed by atoms with E-state index in [0.29, 0.717) is 10.8 Å². The second-order valence-corrected chi connectivity index (χ2v) is 6.82. The number of rotatable bonds is 6. The van der Waals surface area contributed by atoms with Crippen LogP contribution < -0.4 is 5.32 Å². The first-order valence-corrected chi connectivity index (χ1v) is 9.33. The van der Waals surface area contributed by atoms with Gasteiger partial charge in [0.2, 0.25) is 5.91 Å². The van der Waals surface area contributed by atoms with Crippen molar-refractivity contribution in [3.8, 4) is 5.69 Å². The van der Waals surface area contributed by atoms with E-state index in [4.69, 9.17) is 11.6 Å². The maximum Gasteiger partial charge on any atom is 0.234 e. The molecule has 1 amide bonds. The lowest BCUT2D eigenvalue weighted by atomic mass is 10.1. The quantitative estimate of drug-likeness (QED) is 0.632. The maximum absolute atomic E-state index is 12.2. The molecule has 0 bridgehead atoms. The Morgan fingerprint density at radius 1 is 1.16 bits per heavy atom. The Kier molecular flexibility index (Phi) is 5.79. The van der Waals surface area contributed by atoms with Gasteiger partial charge in [0.05, 0.1) is 5.75 Å². The van der Waals surface area contributed by atoms with E-state index in [2.05, 4.69) is 17.2 Å². The summed E-state index contributed by atoms with van der Waals surface area (Å²) in [6, 6.07) is 15.4. The van der Waals surface area contributed by atoms with Gasteiger partial charge in [-0.15, -0.1) is 0 Å². The summed E-state index contributed by atoms with van der Waals surface area (Å²) in [5.41, 5.74) is 3.01. The average Bonchev–Trinajstić information content (AvgIpc) is 3.10. The fourth-order valence-corrected chi connectivity index (χ4v) is 3.24. The molecular formula is C19H18ClN3OS. The Bertz CT molecular complexity index is 844. The molecule has 0 unspecified atom stereocenters. The number of imidazole rings is 1. The molecule has 3 aromatic rings. The maximum atomic E-state index is 12.2. The van der Waals surface area contributed by atoms with Gasteiger partial charge in [-0.25, -0.2) is 4.98 Å². The lowest BCUT2D eigenvalue weighted by Crippen LogP contribution is -2.14. The summed E-state index contributed by atoms with van der Waals surface area (Å²) >= 11 is 7.32. The summed E-state index contributed by atoms with van der Waals surface area (Å²) in [6.45, 7) is 2.10. The molecule has 2 aromatic carbocycles. The van der Waals surface area contributed by atoms with Crippen molar-refractivity contribution in [3.63, 3.8) is 0 Å². The first kappa shape index (κ1) is 17.6. The van der Waals surface area contributed by atoms with Crippen molar-refractivity contribution < 1.29 is 4.79 Å². The largest absolute Gasteiger partial charge is 0.325 e. The highest BCUT2D eigenvalue weighted by Crippen LogP contribution is 2.22. The molecule has 1 N–H and O–H groups in total. The van der Waals surface area contributed by atoms with Crippen molar-refractivity contribution in [3.05, 3.63) is 71.5 Å². The number of carbonyl (C=O) groups is 1. The van der Waals surface area contributed by atoms with Gasteiger partial charge in [-0.05, 0) is 48.4 Å². The molecule has 1 heterocycles. The zero-order valence-corrected chi connectivity index (χ0v) is 15.3. The van der Waals surface area contributed by atoms with Gasteiger partial charge in [-0.2, -0.15) is 0 Å². The highest BCUT2D eigenvalue weighted by atomic mass is 35.5. The fraction of sp³-hybridized carbons (Fsp3) is 0.158. The molecule has 25 heavy (non-hydrogen) atoms. The van der Waals surface area contributed by atoms with Crippen LogP contribution in [0, 0.1) is 0 Å². The summed E-state index contributed by atoms with van der Waals surface area (Å²) in [5, 5.41) is 4.36. The van der Waals surface area contributed by atoms with Crippen LogP contribution in [0.5, 0.6) is 0 Å². The summed E-state index contributed by atoms with van der Waals surface area (Å²) in [4.78, 5) is 16.5. The van der Waals surface area contributed by atoms with E-state index >= 15 is 0 Å². The second kappa shape index (κ2) is 8.23. The minimum Gasteiger partial charge on any atom is -0.325 e. The number of hydrogen-bond acceptors (Lipinski definition) is 3. The molecule has 4 nitrogen and oxygen atoms in total. The van der Waals surface area contributed by atoms with Crippen molar-refractivity contribution in [1.82, 2.24) is 9.55 Å². The SMILES string of the molecule is CCc1ccc(NC(=O)CSc2nccn2-c2ccc(Cl)cc2)cc1. The second-order valence-electron chi connectivity index (χ2n) is 5.44. The number of aryl methyl sites for hydroxylation is 1. The van der Waals surface area contributed by atoms with E-state index < -0.39 is 0 Å². The van der Waals surface area contributed by atoms with Crippen molar-refractivity contribution in [2.24, 2.45) is 0 Å². The minimum atomic E-state index is -0.0556. The van der Waals surface area contributed by atoms with Crippen LogP contribution in [0.1, 0.15) is 12.5 Å².